The van der Waals surface area contributed by atoms with Gasteiger partial charge in [0.25, 0.3) is 0 Å². The van der Waals surface area contributed by atoms with Gasteiger partial charge in [0, 0.05) is 23.9 Å². The van der Waals surface area contributed by atoms with Gasteiger partial charge in [-0.15, -0.1) is 0 Å². The van der Waals surface area contributed by atoms with Gasteiger partial charge in [0.05, 0.1) is 5.57 Å². The van der Waals surface area contributed by atoms with Crippen LogP contribution < -0.4 is 0 Å². The van der Waals surface area contributed by atoms with Crippen LogP contribution in [0.25, 0.3) is 0 Å². The van der Waals surface area contributed by atoms with Crippen LogP contribution in [0.3, 0.4) is 0 Å². The minimum atomic E-state index is -4.55. The zero-order chi connectivity index (χ0) is 19.4. The van der Waals surface area contributed by atoms with Crippen molar-refractivity contribution in [1.82, 2.24) is 4.90 Å². The Morgan fingerprint density at radius 2 is 1.85 bits per heavy atom. The van der Waals surface area contributed by atoms with Gasteiger partial charge in [-0.25, -0.2) is 0 Å². The van der Waals surface area contributed by atoms with Crippen molar-refractivity contribution in [3.63, 3.8) is 0 Å². The largest absolute Gasteiger partial charge is 0.403 e. The maximum absolute atomic E-state index is 13.7. The van der Waals surface area contributed by atoms with Crippen LogP contribution in [-0.4, -0.2) is 35.9 Å². The minimum absolute atomic E-state index is 0.0574. The van der Waals surface area contributed by atoms with E-state index >= 15 is 0 Å². The molecule has 0 aromatic heterocycles. The van der Waals surface area contributed by atoms with Crippen molar-refractivity contribution in [3.8, 4) is 6.07 Å². The predicted molar refractivity (Wildman–Crippen MR) is 87.7 cm³/mol. The highest BCUT2D eigenvalue weighted by atomic mass is 19.4. The Balaban J connectivity index is 1.89. The number of nitrogens with zero attached hydrogens (tertiary/aromatic N) is 2. The minimum Gasteiger partial charge on any atom is -0.341 e. The number of likely N-dealkylation sites (tertiary alicyclic amines) is 1. The molecule has 0 N–H and O–H groups in total. The molecule has 0 radical (unpaired) electrons. The topological polar surface area (TPSA) is 61.2 Å². The standard InChI is InChI=1S/C19H23F3N2O2/c1-16(2)11-17(9-13(10-23)14(16)25)7-8-24(12-17)15(26)18(19(20,21)22)5-3-4-6-18/h9H,3-8,11-12H2,1-2H3. The van der Waals surface area contributed by atoms with Crippen molar-refractivity contribution in [3.05, 3.63) is 11.6 Å². The molecule has 1 amide bonds. The SMILES string of the molecule is CC1(C)CC2(C=C(C#N)C1=O)CCN(C(=O)C1(C(F)(F)F)CCCC1)C2. The highest BCUT2D eigenvalue weighted by Crippen LogP contribution is 2.54. The fraction of sp³-hybridized carbons (Fsp3) is 0.737. The second-order valence-electron chi connectivity index (χ2n) is 8.69. The van der Waals surface area contributed by atoms with Crippen LogP contribution in [0, 0.1) is 27.6 Å². The van der Waals surface area contributed by atoms with Gasteiger partial charge >= 0.3 is 6.18 Å². The zero-order valence-electron chi connectivity index (χ0n) is 15.1. The number of carbonyl (C=O) groups excluding carboxylic acids is 2. The number of carbonyl (C=O) groups is 2. The van der Waals surface area contributed by atoms with E-state index in [9.17, 15) is 28.0 Å². The summed E-state index contributed by atoms with van der Waals surface area (Å²) in [5.41, 5.74) is -3.56. The van der Waals surface area contributed by atoms with Crippen molar-refractivity contribution in [2.45, 2.75) is 58.5 Å². The fourth-order valence-corrected chi connectivity index (χ4v) is 5.06. The average Bonchev–Trinajstić information content (AvgIpc) is 3.18. The molecule has 3 aliphatic rings. The van der Waals surface area contributed by atoms with Crippen molar-refractivity contribution in [2.75, 3.05) is 13.1 Å². The molecule has 1 atom stereocenters. The maximum Gasteiger partial charge on any atom is 0.403 e. The monoisotopic (exact) mass is 368 g/mol. The molecule has 142 valence electrons. The molecule has 7 heteroatoms. The lowest BCUT2D eigenvalue weighted by molar-refractivity contribution is -0.225. The van der Waals surface area contributed by atoms with Crippen molar-refractivity contribution in [2.24, 2.45) is 16.2 Å². The Bertz CT molecular complexity index is 711. The van der Waals surface area contributed by atoms with Gasteiger partial charge in [-0.3, -0.25) is 9.59 Å². The summed E-state index contributed by atoms with van der Waals surface area (Å²) in [5, 5.41) is 9.26. The van der Waals surface area contributed by atoms with Gasteiger partial charge in [-0.1, -0.05) is 32.8 Å². The molecule has 1 heterocycles. The van der Waals surface area contributed by atoms with Crippen LogP contribution in [0.4, 0.5) is 13.2 Å². The van der Waals surface area contributed by atoms with Gasteiger partial charge in [-0.2, -0.15) is 18.4 Å². The van der Waals surface area contributed by atoms with Crippen LogP contribution in [0.5, 0.6) is 0 Å². The summed E-state index contributed by atoms with van der Waals surface area (Å²) in [4.78, 5) is 26.5. The van der Waals surface area contributed by atoms with Crippen molar-refractivity contribution in [1.29, 1.82) is 5.26 Å². The number of hydrogen-bond donors (Lipinski definition) is 0. The van der Waals surface area contributed by atoms with Crippen LogP contribution in [0.1, 0.15) is 52.4 Å². The summed E-state index contributed by atoms with van der Waals surface area (Å²) in [5.74, 6) is -1.07. The van der Waals surface area contributed by atoms with Crippen molar-refractivity contribution < 1.29 is 22.8 Å². The molecule has 1 saturated heterocycles. The maximum atomic E-state index is 13.7. The second-order valence-corrected chi connectivity index (χ2v) is 8.69. The number of alkyl halides is 3. The molecule has 0 aromatic rings. The Labute approximate surface area is 151 Å². The normalized spacial score (nSPS) is 30.4. The number of allylic oxidation sites excluding steroid dienone is 1. The number of halogens is 3. The van der Waals surface area contributed by atoms with E-state index in [-0.39, 0.29) is 37.3 Å². The molecular weight excluding hydrogens is 345 g/mol. The number of rotatable bonds is 1. The third kappa shape index (κ3) is 2.74. The second kappa shape index (κ2) is 5.83. The van der Waals surface area contributed by atoms with E-state index in [0.717, 1.165) is 0 Å². The number of ketones is 1. The molecule has 4 nitrogen and oxygen atoms in total. The van der Waals surface area contributed by atoms with Gasteiger partial charge in [-0.05, 0) is 25.7 Å². The number of hydrogen-bond acceptors (Lipinski definition) is 3. The number of nitriles is 1. The molecule has 0 bridgehead atoms. The van der Waals surface area contributed by atoms with Crippen LogP contribution in [-0.2, 0) is 9.59 Å². The smallest absolute Gasteiger partial charge is 0.341 e. The van der Waals surface area contributed by atoms with Crippen LogP contribution in [0.2, 0.25) is 0 Å². The summed E-state index contributed by atoms with van der Waals surface area (Å²) >= 11 is 0. The van der Waals surface area contributed by atoms with E-state index in [2.05, 4.69) is 0 Å². The Morgan fingerprint density at radius 3 is 2.38 bits per heavy atom. The first-order valence-electron chi connectivity index (χ1n) is 9.00. The van der Waals surface area contributed by atoms with Crippen LogP contribution >= 0.6 is 0 Å². The lowest BCUT2D eigenvalue weighted by Gasteiger charge is -2.39. The van der Waals surface area contributed by atoms with E-state index in [0.29, 0.717) is 25.7 Å². The summed E-state index contributed by atoms with van der Waals surface area (Å²) in [6.45, 7) is 3.88. The molecule has 1 saturated carbocycles. The Kier molecular flexibility index (Phi) is 4.25. The highest BCUT2D eigenvalue weighted by Gasteiger charge is 2.63. The Hall–Kier alpha value is -1.84. The fourth-order valence-electron chi connectivity index (χ4n) is 5.06. The lowest BCUT2D eigenvalue weighted by atomic mass is 9.64. The number of Topliss-reactive ketones (excluding diaryl/α,β-unsaturated/α-hetero) is 1. The highest BCUT2D eigenvalue weighted by molar-refractivity contribution is 6.03. The van der Waals surface area contributed by atoms with Gasteiger partial charge in [0.15, 0.2) is 5.78 Å². The van der Waals surface area contributed by atoms with Gasteiger partial charge < -0.3 is 4.90 Å². The van der Waals surface area contributed by atoms with E-state index in [1.165, 1.54) is 4.90 Å². The first-order valence-corrected chi connectivity index (χ1v) is 9.00. The molecule has 26 heavy (non-hydrogen) atoms. The predicted octanol–water partition coefficient (Wildman–Crippen LogP) is 3.78. The number of amides is 1. The van der Waals surface area contributed by atoms with Gasteiger partial charge in [0.1, 0.15) is 11.5 Å². The summed E-state index contributed by atoms with van der Waals surface area (Å²) < 4.78 is 41.1. The van der Waals surface area contributed by atoms with E-state index < -0.39 is 28.3 Å². The van der Waals surface area contributed by atoms with E-state index in [4.69, 9.17) is 0 Å². The molecule has 2 aliphatic carbocycles. The summed E-state index contributed by atoms with van der Waals surface area (Å²) in [6.07, 6.45) is -1.52. The zero-order valence-corrected chi connectivity index (χ0v) is 15.1. The quantitative estimate of drug-likeness (QED) is 0.708. The molecule has 1 aliphatic heterocycles. The molecule has 1 spiro atoms. The first-order chi connectivity index (χ1) is 12.0. The van der Waals surface area contributed by atoms with E-state index in [1.54, 1.807) is 19.9 Å². The molecule has 2 fully saturated rings. The lowest BCUT2D eigenvalue weighted by Crippen LogP contribution is -2.51. The average molecular weight is 368 g/mol. The third-order valence-corrected chi connectivity index (χ3v) is 6.31. The van der Waals surface area contributed by atoms with Crippen molar-refractivity contribution >= 4 is 11.7 Å². The summed E-state index contributed by atoms with van der Waals surface area (Å²) in [6, 6.07) is 1.92. The summed E-state index contributed by atoms with van der Waals surface area (Å²) in [7, 11) is 0. The first kappa shape index (κ1) is 18.9. The molecule has 0 aromatic carbocycles. The van der Waals surface area contributed by atoms with E-state index in [1.807, 2.05) is 6.07 Å². The van der Waals surface area contributed by atoms with Crippen LogP contribution in [0.15, 0.2) is 11.6 Å². The molecule has 3 rings (SSSR count). The molecule has 1 unspecified atom stereocenters. The van der Waals surface area contributed by atoms with Gasteiger partial charge in [0.2, 0.25) is 5.91 Å². The molecular formula is C19H23F3N2O2. The third-order valence-electron chi connectivity index (χ3n) is 6.31. The Morgan fingerprint density at radius 1 is 1.23 bits per heavy atom.